The van der Waals surface area contributed by atoms with E-state index >= 15 is 0 Å². The van der Waals surface area contributed by atoms with Crippen LogP contribution in [0.2, 0.25) is 0 Å². The number of hydrogen-bond donors (Lipinski definition) is 3. The van der Waals surface area contributed by atoms with Gasteiger partial charge in [0.15, 0.2) is 0 Å². The SMILES string of the molecule is Cc1cc(Nc2nccc(C(F)(F)F)n2)cc(-c2cnc([C@]3(O)CC[C@@](C)(O)CC3)s2)c1. The summed E-state index contributed by atoms with van der Waals surface area (Å²) in [4.78, 5) is 12.7. The highest BCUT2D eigenvalue weighted by molar-refractivity contribution is 7.15. The molecule has 2 aromatic heterocycles. The fraction of sp³-hybridized carbons (Fsp3) is 0.409. The smallest absolute Gasteiger partial charge is 0.390 e. The van der Waals surface area contributed by atoms with E-state index in [9.17, 15) is 23.4 Å². The van der Waals surface area contributed by atoms with Gasteiger partial charge in [0.2, 0.25) is 5.95 Å². The Kier molecular flexibility index (Phi) is 5.72. The second-order valence-electron chi connectivity index (χ2n) is 8.53. The maximum Gasteiger partial charge on any atom is 0.433 e. The van der Waals surface area contributed by atoms with E-state index in [1.807, 2.05) is 13.0 Å². The molecule has 1 aliphatic carbocycles. The summed E-state index contributed by atoms with van der Waals surface area (Å²) in [5.74, 6) is -0.148. The van der Waals surface area contributed by atoms with Crippen LogP contribution in [0.15, 0.2) is 36.7 Å². The van der Waals surface area contributed by atoms with Crippen molar-refractivity contribution in [3.05, 3.63) is 52.9 Å². The van der Waals surface area contributed by atoms with Gasteiger partial charge in [0.25, 0.3) is 0 Å². The molecule has 170 valence electrons. The predicted molar refractivity (Wildman–Crippen MR) is 116 cm³/mol. The van der Waals surface area contributed by atoms with E-state index in [0.29, 0.717) is 36.4 Å². The Bertz CT molecular complexity index is 1120. The van der Waals surface area contributed by atoms with E-state index in [2.05, 4.69) is 20.3 Å². The molecule has 6 nitrogen and oxygen atoms in total. The zero-order valence-electron chi connectivity index (χ0n) is 17.6. The van der Waals surface area contributed by atoms with Crippen LogP contribution in [0.3, 0.4) is 0 Å². The number of aliphatic hydroxyl groups is 2. The van der Waals surface area contributed by atoms with Crippen molar-refractivity contribution in [1.29, 1.82) is 0 Å². The second kappa shape index (κ2) is 8.09. The van der Waals surface area contributed by atoms with E-state index in [0.717, 1.165) is 28.3 Å². The van der Waals surface area contributed by atoms with Crippen LogP contribution in [0.1, 0.15) is 48.9 Å². The molecule has 4 rings (SSSR count). The lowest BCUT2D eigenvalue weighted by atomic mass is 9.77. The maximum atomic E-state index is 12.9. The number of benzene rings is 1. The normalized spacial score (nSPS) is 23.8. The number of aromatic nitrogens is 3. The summed E-state index contributed by atoms with van der Waals surface area (Å²) in [5, 5.41) is 24.7. The third-order valence-corrected chi connectivity index (χ3v) is 6.86. The first-order chi connectivity index (χ1) is 14.9. The number of anilines is 2. The number of thiazole rings is 1. The van der Waals surface area contributed by atoms with Gasteiger partial charge in [0.05, 0.1) is 10.5 Å². The summed E-state index contributed by atoms with van der Waals surface area (Å²) in [6, 6.07) is 6.32. The number of nitrogens with zero attached hydrogens (tertiary/aromatic N) is 3. The lowest BCUT2D eigenvalue weighted by Gasteiger charge is -2.37. The van der Waals surface area contributed by atoms with Gasteiger partial charge in [-0.2, -0.15) is 13.2 Å². The molecule has 0 aliphatic heterocycles. The van der Waals surface area contributed by atoms with Gasteiger partial charge in [0, 0.05) is 18.1 Å². The van der Waals surface area contributed by atoms with Crippen molar-refractivity contribution in [2.45, 2.75) is 56.9 Å². The number of rotatable bonds is 4. The standard InChI is InChI=1S/C22H23F3N4O2S/c1-13-9-14(11-15(10-13)28-19-26-8-3-17(29-19)22(23,24)25)16-12-27-18(32-16)21(31)6-4-20(2,30)5-7-21/h3,8-12,30-31H,4-7H2,1-2H3,(H,26,28,29)/t20-,21+. The molecule has 1 aromatic carbocycles. The van der Waals surface area contributed by atoms with Crippen LogP contribution < -0.4 is 5.32 Å². The van der Waals surface area contributed by atoms with E-state index in [1.54, 1.807) is 25.3 Å². The van der Waals surface area contributed by atoms with Crippen molar-refractivity contribution in [3.8, 4) is 10.4 Å². The van der Waals surface area contributed by atoms with Crippen molar-refractivity contribution >= 4 is 23.0 Å². The van der Waals surface area contributed by atoms with Gasteiger partial charge in [-0.1, -0.05) is 6.07 Å². The van der Waals surface area contributed by atoms with E-state index in [1.165, 1.54) is 11.3 Å². The van der Waals surface area contributed by atoms with E-state index in [4.69, 9.17) is 0 Å². The Morgan fingerprint density at radius 1 is 1.06 bits per heavy atom. The van der Waals surface area contributed by atoms with Crippen LogP contribution in [-0.2, 0) is 11.8 Å². The minimum Gasteiger partial charge on any atom is -0.390 e. The Morgan fingerprint density at radius 3 is 2.47 bits per heavy atom. The second-order valence-corrected chi connectivity index (χ2v) is 9.56. The third kappa shape index (κ3) is 4.92. The molecule has 2 heterocycles. The van der Waals surface area contributed by atoms with Gasteiger partial charge in [-0.25, -0.2) is 15.0 Å². The van der Waals surface area contributed by atoms with E-state index < -0.39 is 23.1 Å². The average molecular weight is 465 g/mol. The summed E-state index contributed by atoms with van der Waals surface area (Å²) in [7, 11) is 0. The molecule has 3 aromatic rings. The Hall–Kier alpha value is -2.56. The Labute approximate surface area is 187 Å². The Morgan fingerprint density at radius 2 is 1.78 bits per heavy atom. The van der Waals surface area contributed by atoms with Gasteiger partial charge < -0.3 is 15.5 Å². The van der Waals surface area contributed by atoms with Crippen molar-refractivity contribution in [2.24, 2.45) is 0 Å². The predicted octanol–water partition coefficient (Wildman–Crippen LogP) is 5.18. The van der Waals surface area contributed by atoms with Gasteiger partial charge in [-0.15, -0.1) is 11.3 Å². The highest BCUT2D eigenvalue weighted by atomic mass is 32.1. The van der Waals surface area contributed by atoms with Crippen LogP contribution in [0, 0.1) is 6.92 Å². The van der Waals surface area contributed by atoms with Crippen LogP contribution in [-0.4, -0.2) is 30.8 Å². The highest BCUT2D eigenvalue weighted by Gasteiger charge is 2.41. The molecule has 3 N–H and O–H groups in total. The molecule has 0 unspecified atom stereocenters. The quantitative estimate of drug-likeness (QED) is 0.493. The first-order valence-corrected chi connectivity index (χ1v) is 11.0. The highest BCUT2D eigenvalue weighted by Crippen LogP contribution is 2.44. The zero-order valence-corrected chi connectivity index (χ0v) is 18.4. The van der Waals surface area contributed by atoms with Crippen LogP contribution in [0.5, 0.6) is 0 Å². The molecule has 0 bridgehead atoms. The summed E-state index contributed by atoms with van der Waals surface area (Å²) in [6.45, 7) is 3.65. The zero-order chi connectivity index (χ0) is 23.1. The summed E-state index contributed by atoms with van der Waals surface area (Å²) in [6.07, 6.45) is 0.0440. The monoisotopic (exact) mass is 464 g/mol. The summed E-state index contributed by atoms with van der Waals surface area (Å²) >= 11 is 1.37. The molecule has 10 heteroatoms. The number of halogens is 3. The van der Waals surface area contributed by atoms with Crippen LogP contribution >= 0.6 is 11.3 Å². The average Bonchev–Trinajstić information content (AvgIpc) is 3.21. The molecule has 0 spiro atoms. The number of aryl methyl sites for hydroxylation is 1. The molecular weight excluding hydrogens is 441 g/mol. The number of hydrogen-bond acceptors (Lipinski definition) is 7. The van der Waals surface area contributed by atoms with Crippen molar-refractivity contribution < 1.29 is 23.4 Å². The molecule has 0 atom stereocenters. The first-order valence-electron chi connectivity index (χ1n) is 10.1. The fourth-order valence-corrected chi connectivity index (χ4v) is 4.79. The largest absolute Gasteiger partial charge is 0.433 e. The maximum absolute atomic E-state index is 12.9. The van der Waals surface area contributed by atoms with E-state index in [-0.39, 0.29) is 5.95 Å². The van der Waals surface area contributed by atoms with Gasteiger partial charge in [-0.05, 0) is 68.9 Å². The lowest BCUT2D eigenvalue weighted by Crippen LogP contribution is -2.39. The minimum atomic E-state index is -4.55. The van der Waals surface area contributed by atoms with Gasteiger partial charge in [-0.3, -0.25) is 0 Å². The van der Waals surface area contributed by atoms with Crippen molar-refractivity contribution in [3.63, 3.8) is 0 Å². The lowest BCUT2D eigenvalue weighted by molar-refractivity contribution is -0.141. The molecule has 0 amide bonds. The van der Waals surface area contributed by atoms with Crippen molar-refractivity contribution in [1.82, 2.24) is 15.0 Å². The molecule has 1 fully saturated rings. The summed E-state index contributed by atoms with van der Waals surface area (Å²) < 4.78 is 38.8. The Balaban J connectivity index is 1.58. The molecule has 0 radical (unpaired) electrons. The molecule has 1 aliphatic rings. The van der Waals surface area contributed by atoms with Crippen molar-refractivity contribution in [2.75, 3.05) is 5.32 Å². The van der Waals surface area contributed by atoms with Gasteiger partial charge in [0.1, 0.15) is 16.3 Å². The number of alkyl halides is 3. The third-order valence-electron chi connectivity index (χ3n) is 5.62. The molecular formula is C22H23F3N4O2S. The molecule has 0 saturated heterocycles. The van der Waals surface area contributed by atoms with Crippen LogP contribution in [0.4, 0.5) is 24.8 Å². The number of nitrogens with one attached hydrogen (secondary N) is 1. The van der Waals surface area contributed by atoms with Crippen LogP contribution in [0.25, 0.3) is 10.4 Å². The molecule has 32 heavy (non-hydrogen) atoms. The first kappa shape index (κ1) is 22.6. The molecule has 1 saturated carbocycles. The van der Waals surface area contributed by atoms with Gasteiger partial charge >= 0.3 is 6.18 Å². The topological polar surface area (TPSA) is 91.2 Å². The minimum absolute atomic E-state index is 0.148. The fourth-order valence-electron chi connectivity index (χ4n) is 3.74. The summed E-state index contributed by atoms with van der Waals surface area (Å²) in [5.41, 5.74) is -0.609.